The molecule has 1 saturated heterocycles. The fourth-order valence-corrected chi connectivity index (χ4v) is 8.44. The quantitative estimate of drug-likeness (QED) is 0.0399. The first-order chi connectivity index (χ1) is 25.6. The topological polar surface area (TPSA) is 364 Å². The zero-order chi connectivity index (χ0) is 41.2. The number of nitrogens with zero attached hydrogens (tertiary/aromatic N) is 4. The smallest absolute Gasteiger partial charge is 0.386 e. The largest absolute Gasteiger partial charge is 0.481 e. The Hall–Kier alpha value is -1.84. The van der Waals surface area contributed by atoms with Gasteiger partial charge in [0.15, 0.2) is 22.8 Å². The van der Waals surface area contributed by atoms with Crippen molar-refractivity contribution in [2.45, 2.75) is 83.5 Å². The monoisotopic (exact) mass is 872 g/mol. The molecule has 2 aromatic heterocycles. The van der Waals surface area contributed by atoms with Gasteiger partial charge >= 0.3 is 23.5 Å². The Balaban J connectivity index is 0.0000108. The van der Waals surface area contributed by atoms with Crippen LogP contribution in [0.15, 0.2) is 12.7 Å². The third-order valence-electron chi connectivity index (χ3n) is 7.75. The van der Waals surface area contributed by atoms with Gasteiger partial charge in [-0.1, -0.05) is 45.4 Å². The molecule has 1 aliphatic heterocycles. The molecule has 7 unspecified atom stereocenters. The Bertz CT molecular complexity index is 1790. The number of phosphoric acid groups is 3. The van der Waals surface area contributed by atoms with Crippen molar-refractivity contribution in [3.8, 4) is 0 Å². The molecule has 0 saturated carbocycles. The third kappa shape index (κ3) is 15.7. The number of phosphoric ester groups is 3. The van der Waals surface area contributed by atoms with Crippen LogP contribution in [0.5, 0.6) is 0 Å². The van der Waals surface area contributed by atoms with Crippen LogP contribution in [0.1, 0.15) is 59.1 Å². The summed E-state index contributed by atoms with van der Waals surface area (Å²) in [5.41, 5.74) is 4.27. The zero-order valence-electron chi connectivity index (χ0n) is 30.9. The maximum Gasteiger partial charge on any atom is 0.481 e. The number of aliphatic hydroxyl groups excluding tert-OH is 2. The molecule has 29 heteroatoms. The molecule has 1 radical (unpaired) electrons. The molecule has 1 fully saturated rings. The van der Waals surface area contributed by atoms with Gasteiger partial charge in [0.25, 0.3) is 0 Å². The normalized spacial score (nSPS) is 21.4. The average Bonchev–Trinajstić information content (AvgIpc) is 3.64. The molecular weight excluding hydrogens is 826 g/mol. The number of amides is 2. The Morgan fingerprint density at radius 3 is 2.38 bits per heavy atom. The summed E-state index contributed by atoms with van der Waals surface area (Å²) in [6, 6.07) is 0. The fourth-order valence-electron chi connectivity index (χ4n) is 4.89. The number of hydrogen-bond acceptors (Lipinski definition) is 18. The van der Waals surface area contributed by atoms with Crippen molar-refractivity contribution in [1.82, 2.24) is 30.2 Å². The molecule has 56 heavy (non-hydrogen) atoms. The minimum atomic E-state index is -5.56. The number of carbonyl (C=O) groups is 3. The van der Waals surface area contributed by atoms with Crippen LogP contribution in [0.2, 0.25) is 0 Å². The third-order valence-corrected chi connectivity index (χ3v) is 11.8. The summed E-state index contributed by atoms with van der Waals surface area (Å²) in [5.74, 6) is -1.04. The minimum Gasteiger partial charge on any atom is -0.386 e. The first-order valence-electron chi connectivity index (χ1n) is 16.6. The van der Waals surface area contributed by atoms with Crippen LogP contribution in [0.4, 0.5) is 5.82 Å². The number of nitrogens with two attached hydrogens (primary N) is 1. The van der Waals surface area contributed by atoms with Crippen molar-refractivity contribution < 1.29 is 80.5 Å². The van der Waals surface area contributed by atoms with Gasteiger partial charge in [0.05, 0.1) is 19.5 Å². The Morgan fingerprint density at radius 1 is 1.04 bits per heavy atom. The van der Waals surface area contributed by atoms with Gasteiger partial charge in [-0.3, -0.25) is 32.5 Å². The van der Waals surface area contributed by atoms with E-state index in [1.165, 1.54) is 13.8 Å². The van der Waals surface area contributed by atoms with Gasteiger partial charge in [-0.25, -0.2) is 28.6 Å². The summed E-state index contributed by atoms with van der Waals surface area (Å²) in [5, 5.41) is 26.4. The number of imidazole rings is 1. The van der Waals surface area contributed by atoms with E-state index in [9.17, 15) is 57.9 Å². The van der Waals surface area contributed by atoms with Gasteiger partial charge in [-0.05, 0) is 6.42 Å². The fraction of sp³-hybridized carbons (Fsp3) is 0.704. The van der Waals surface area contributed by atoms with E-state index in [1.54, 1.807) is 0 Å². The number of aromatic nitrogens is 4. The van der Waals surface area contributed by atoms with Crippen LogP contribution >= 0.6 is 35.2 Å². The van der Waals surface area contributed by atoms with Crippen molar-refractivity contribution >= 4 is 88.0 Å². The molecule has 0 aliphatic carbocycles. The number of carbonyl (C=O) groups excluding carboxylic acids is 3. The van der Waals surface area contributed by atoms with E-state index < -0.39 is 84.6 Å². The number of hydrogen-bond donors (Lipinski definition) is 9. The number of unbranched alkanes of at least 4 members (excludes halogenated alkanes) is 2. The molecule has 2 aromatic rings. The average molecular weight is 873 g/mol. The summed E-state index contributed by atoms with van der Waals surface area (Å²) in [7, 11) is -16.4. The molecule has 0 aromatic carbocycles. The van der Waals surface area contributed by atoms with E-state index in [2.05, 4.69) is 34.4 Å². The molecule has 313 valence electrons. The second-order valence-electron chi connectivity index (χ2n) is 12.7. The number of nitrogens with one attached hydrogen (secondary N) is 2. The Morgan fingerprint density at radius 2 is 1.71 bits per heavy atom. The van der Waals surface area contributed by atoms with Gasteiger partial charge in [-0.2, -0.15) is 4.31 Å². The molecule has 7 atom stereocenters. The van der Waals surface area contributed by atoms with Crippen LogP contribution < -0.4 is 16.4 Å². The molecule has 0 spiro atoms. The summed E-state index contributed by atoms with van der Waals surface area (Å²) >= 11 is 1.12. The number of aliphatic hydroxyl groups is 2. The van der Waals surface area contributed by atoms with Crippen molar-refractivity contribution in [1.29, 1.82) is 0 Å². The first-order valence-corrected chi connectivity index (χ1v) is 22.1. The van der Waals surface area contributed by atoms with Crippen LogP contribution in [0, 0.1) is 5.41 Å². The molecule has 0 bridgehead atoms. The summed E-state index contributed by atoms with van der Waals surface area (Å²) in [6.07, 6.45) is -3.63. The van der Waals surface area contributed by atoms with Crippen LogP contribution in [-0.2, 0) is 50.7 Å². The van der Waals surface area contributed by atoms with Crippen LogP contribution in [-0.4, -0.2) is 142 Å². The second-order valence-corrected chi connectivity index (χ2v) is 18.1. The van der Waals surface area contributed by atoms with E-state index in [1.807, 2.05) is 6.92 Å². The van der Waals surface area contributed by atoms with Gasteiger partial charge in [0, 0.05) is 56.0 Å². The molecule has 3 rings (SSSR count). The maximum absolute atomic E-state index is 12.7. The van der Waals surface area contributed by atoms with Gasteiger partial charge in [0.2, 0.25) is 11.8 Å². The molecule has 2 amide bonds. The van der Waals surface area contributed by atoms with Crippen LogP contribution in [0.3, 0.4) is 0 Å². The molecule has 24 nitrogen and oxygen atoms in total. The predicted molar refractivity (Wildman–Crippen MR) is 197 cm³/mol. The zero-order valence-corrected chi connectivity index (χ0v) is 34.4. The van der Waals surface area contributed by atoms with E-state index in [-0.39, 0.29) is 60.5 Å². The maximum atomic E-state index is 12.7. The van der Waals surface area contributed by atoms with E-state index in [0.717, 1.165) is 48.2 Å². The Kier molecular flexibility index (Phi) is 19.7. The van der Waals surface area contributed by atoms with Crippen molar-refractivity contribution in [3.05, 3.63) is 12.7 Å². The van der Waals surface area contributed by atoms with Crippen LogP contribution in [0.25, 0.3) is 11.2 Å². The predicted octanol–water partition coefficient (Wildman–Crippen LogP) is -0.136. The molecule has 3 heterocycles. The van der Waals surface area contributed by atoms with E-state index >= 15 is 0 Å². The summed E-state index contributed by atoms with van der Waals surface area (Å²) in [6.45, 7) is 2.59. The number of fused-ring (bicyclic) bond motifs is 1. The van der Waals surface area contributed by atoms with Gasteiger partial charge in [0.1, 0.15) is 36.3 Å². The standard InChI is InChI=1S/C27H46N7O17P3S.Li/c1-4-5-6-7-18(36)55-11-10-29-17(35)8-9-30-25(39)22(38)27(2,3)13-48-54(45,46)51-53(43,44)47-12-16-21(50-52(40,41)42)20(37)26(49-16)34-15-33-19-23(28)31-14-32-24(19)34;/h14-16,20-22,26,37-38H,4-13H2,1-3H3,(H,29,35)(H,30,39)(H,43,44)(H,45,46)(H2,28,31,32)(H2,40,41,42);. The molecular formula is C27H46LiN7O17P3S. The number of ether oxygens (including phenoxy) is 1. The number of rotatable bonds is 23. The number of anilines is 1. The first kappa shape index (κ1) is 50.3. The number of nitrogen functional groups attached to an aromatic ring is 1. The van der Waals surface area contributed by atoms with Crippen molar-refractivity contribution in [2.75, 3.05) is 37.8 Å². The SMILES string of the molecule is CCCCCC(=O)SCCNC(=O)CCNC(=O)C(O)C(C)(C)COP(=O)(O)OP(=O)(O)OCC1OC(n2cnc3c(N)ncnc32)C(O)C1OP(=O)(O)O.[Li]. The van der Waals surface area contributed by atoms with E-state index in [4.69, 9.17) is 19.5 Å². The van der Waals surface area contributed by atoms with Gasteiger partial charge in [-0.15, -0.1) is 0 Å². The van der Waals surface area contributed by atoms with Crippen molar-refractivity contribution in [3.63, 3.8) is 0 Å². The summed E-state index contributed by atoms with van der Waals surface area (Å²) in [4.78, 5) is 87.3. The Labute approximate surface area is 337 Å². The summed E-state index contributed by atoms with van der Waals surface area (Å²) < 4.78 is 62.1. The van der Waals surface area contributed by atoms with Crippen molar-refractivity contribution in [2.24, 2.45) is 5.41 Å². The molecule has 1 aliphatic rings. The second kappa shape index (κ2) is 22.0. The van der Waals surface area contributed by atoms with Gasteiger partial charge < -0.3 is 50.9 Å². The minimum absolute atomic E-state index is 0. The molecule has 10 N–H and O–H groups in total. The number of thioether (sulfide) groups is 1. The van der Waals surface area contributed by atoms with E-state index in [0.29, 0.717) is 12.2 Å².